The summed E-state index contributed by atoms with van der Waals surface area (Å²) in [5.74, 6) is 0. The number of hydrogen-bond donors (Lipinski definition) is 2. The van der Waals surface area contributed by atoms with Crippen molar-refractivity contribution in [2.24, 2.45) is 0 Å². The van der Waals surface area contributed by atoms with E-state index in [-0.39, 0.29) is 162 Å². The van der Waals surface area contributed by atoms with Crippen molar-refractivity contribution in [2.45, 2.75) is 0 Å². The molecule has 0 rings (SSSR count). The Morgan fingerprint density at radius 1 is 1.11 bits per heavy atom. The van der Waals surface area contributed by atoms with Crippen LogP contribution in [0.15, 0.2) is 0 Å². The monoisotopic (exact) mass is 292 g/mol. The molecule has 0 saturated carbocycles. The smallest absolute Gasteiger partial charge is 1.00 e. The minimum atomic E-state index is -0.250. The van der Waals surface area contributed by atoms with Crippen LogP contribution in [0.3, 0.4) is 0 Å². The minimum Gasteiger partial charge on any atom is -1.00 e. The first kappa shape index (κ1) is 29.4. The van der Waals surface area contributed by atoms with Crippen molar-refractivity contribution in [3.05, 3.63) is 0 Å². The van der Waals surface area contributed by atoms with Gasteiger partial charge < -0.3 is 15.9 Å². The molecule has 0 saturated heterocycles. The van der Waals surface area contributed by atoms with Gasteiger partial charge in [-0.3, -0.25) is 9.59 Å². The summed E-state index contributed by atoms with van der Waals surface area (Å²) in [4.78, 5) is 16.7. The van der Waals surface area contributed by atoms with E-state index in [0.717, 1.165) is 0 Å². The van der Waals surface area contributed by atoms with Crippen LogP contribution in [0.1, 0.15) is 5.71 Å². The Kier molecular flexibility index (Phi) is 138. The number of carboxylic acid groups (broad SMARTS) is 2. The largest absolute Gasteiger partial charge is 2.00 e. The van der Waals surface area contributed by atoms with Crippen LogP contribution in [0.4, 0.5) is 0 Å². The average Bonchev–Trinajstić information content (AvgIpc) is 1.39. The fourth-order valence-electron chi connectivity index (χ4n) is 0. The zero-order valence-corrected chi connectivity index (χ0v) is 16.4. The Balaban J connectivity index is -0.00000000229. The minimum absolute atomic E-state index is 0. The zero-order valence-electron chi connectivity index (χ0n) is 9.57. The van der Waals surface area contributed by atoms with Crippen molar-refractivity contribution in [3.63, 3.8) is 0 Å². The summed E-state index contributed by atoms with van der Waals surface area (Å²) in [5.41, 5.74) is 0. The topological polar surface area (TPSA) is 74.6 Å². The summed E-state index contributed by atoms with van der Waals surface area (Å²) in [6.07, 6.45) is 0. The van der Waals surface area contributed by atoms with E-state index in [1.54, 1.807) is 0 Å². The second-order valence-corrected chi connectivity index (χ2v) is 0.211. The van der Waals surface area contributed by atoms with E-state index in [2.05, 4.69) is 0 Å². The molecule has 0 amide bonds. The molecule has 0 atom stereocenters. The van der Waals surface area contributed by atoms with E-state index < -0.39 is 0 Å². The van der Waals surface area contributed by atoms with E-state index in [0.29, 0.717) is 0 Å². The van der Waals surface area contributed by atoms with E-state index in [9.17, 15) is 0 Å². The Morgan fingerprint density at radius 3 is 1.11 bits per heavy atom. The Bertz CT molecular complexity index is 51.1. The Labute approximate surface area is 176 Å². The van der Waals surface area contributed by atoms with E-state index >= 15 is 0 Å². The molecule has 0 aliphatic rings. The van der Waals surface area contributed by atoms with Crippen LogP contribution in [0.25, 0.3) is 0 Å². The molecule has 0 aromatic carbocycles. The predicted molar refractivity (Wildman–Crippen MR) is 27.6 cm³/mol. The Hall–Kier alpha value is 3.39. The standard InChI is InChI=1S/2CH2O2.Cs.K.Mg.4H/c2*2-1-3;;;;;;;/h2*1H,(H,2,3);;;;;;;/q;;2*+1;+2;4*-1. The predicted octanol–water partition coefficient (Wildman–Crippen LogP) is -6.52. The van der Waals surface area contributed by atoms with Crippen molar-refractivity contribution in [1.82, 2.24) is 0 Å². The third kappa shape index (κ3) is 87.3. The Morgan fingerprint density at radius 2 is 1.11 bits per heavy atom. The fraction of sp³-hybridized carbons (Fsp3) is 0. The van der Waals surface area contributed by atoms with Crippen LogP contribution < -0.4 is 120 Å². The maximum Gasteiger partial charge on any atom is 2.00 e. The third-order valence-corrected chi connectivity index (χ3v) is 0. The second-order valence-electron chi connectivity index (χ2n) is 0.211. The molecule has 0 heterocycles. The van der Waals surface area contributed by atoms with Gasteiger partial charge >= 0.3 is 143 Å². The van der Waals surface area contributed by atoms with E-state index in [1.807, 2.05) is 0 Å². The maximum absolute atomic E-state index is 8.36. The van der Waals surface area contributed by atoms with Crippen LogP contribution in [0.5, 0.6) is 0 Å². The average molecular weight is 292 g/mol. The molecule has 0 spiro atoms. The molecule has 0 fully saturated rings. The SMILES string of the molecule is O=CO.O=CO.[Cs+].[H-].[H-].[H-].[H-].[K+].[Mg+2]. The molecule has 0 radical (unpaired) electrons. The molecule has 0 bridgehead atoms. The summed E-state index contributed by atoms with van der Waals surface area (Å²) in [6.45, 7) is -0.500. The van der Waals surface area contributed by atoms with Gasteiger partial charge in [0.15, 0.2) is 0 Å². The molecular formula is C2H8CsKMgO4. The van der Waals surface area contributed by atoms with Crippen molar-refractivity contribution >= 4 is 36.0 Å². The van der Waals surface area contributed by atoms with Crippen LogP contribution in [0.2, 0.25) is 0 Å². The molecule has 0 aromatic rings. The van der Waals surface area contributed by atoms with Gasteiger partial charge in [-0.1, -0.05) is 0 Å². The summed E-state index contributed by atoms with van der Waals surface area (Å²) >= 11 is 0. The van der Waals surface area contributed by atoms with E-state index in [1.165, 1.54) is 0 Å². The van der Waals surface area contributed by atoms with Crippen LogP contribution in [-0.2, 0) is 9.59 Å². The first-order valence-electron chi connectivity index (χ1n) is 0.988. The number of rotatable bonds is 0. The van der Waals surface area contributed by atoms with Crippen molar-refractivity contribution in [2.75, 3.05) is 0 Å². The normalized spacial score (nSPS) is 2.67. The molecule has 0 aliphatic carbocycles. The molecule has 7 heteroatoms. The molecule has 4 nitrogen and oxygen atoms in total. The summed E-state index contributed by atoms with van der Waals surface area (Å²) in [7, 11) is 0. The third-order valence-electron chi connectivity index (χ3n) is 0. The summed E-state index contributed by atoms with van der Waals surface area (Å²) in [6, 6.07) is 0. The first-order valence-corrected chi connectivity index (χ1v) is 0.988. The van der Waals surface area contributed by atoms with Gasteiger partial charge in [0.05, 0.1) is 0 Å². The summed E-state index contributed by atoms with van der Waals surface area (Å²) in [5, 5.41) is 13.8. The van der Waals surface area contributed by atoms with Crippen LogP contribution in [0, 0.1) is 0 Å². The molecule has 0 aromatic heterocycles. The molecule has 0 unspecified atom stereocenters. The summed E-state index contributed by atoms with van der Waals surface area (Å²) < 4.78 is 0. The molecule has 2 N–H and O–H groups in total. The number of hydrogen-bond acceptors (Lipinski definition) is 2. The van der Waals surface area contributed by atoms with Gasteiger partial charge in [-0.2, -0.15) is 0 Å². The van der Waals surface area contributed by atoms with Crippen LogP contribution >= 0.6 is 0 Å². The molecular weight excluding hydrogens is 284 g/mol. The van der Waals surface area contributed by atoms with Gasteiger partial charge in [-0.15, -0.1) is 0 Å². The van der Waals surface area contributed by atoms with Gasteiger partial charge in [0.25, 0.3) is 12.9 Å². The molecule has 44 valence electrons. The molecule has 0 aliphatic heterocycles. The van der Waals surface area contributed by atoms with Gasteiger partial charge in [0, 0.05) is 0 Å². The van der Waals surface area contributed by atoms with Gasteiger partial charge in [0.1, 0.15) is 0 Å². The van der Waals surface area contributed by atoms with Crippen molar-refractivity contribution < 1.29 is 146 Å². The van der Waals surface area contributed by atoms with Crippen molar-refractivity contribution in [1.29, 1.82) is 0 Å². The fourth-order valence-corrected chi connectivity index (χ4v) is 0. The van der Waals surface area contributed by atoms with Crippen molar-refractivity contribution in [3.8, 4) is 0 Å². The van der Waals surface area contributed by atoms with Gasteiger partial charge in [-0.05, 0) is 0 Å². The van der Waals surface area contributed by atoms with E-state index in [4.69, 9.17) is 19.8 Å². The van der Waals surface area contributed by atoms with Gasteiger partial charge in [-0.25, -0.2) is 0 Å². The maximum atomic E-state index is 8.36. The second kappa shape index (κ2) is 42.3. The van der Waals surface area contributed by atoms with Gasteiger partial charge in [0.2, 0.25) is 0 Å². The first-order chi connectivity index (χ1) is 2.83. The zero-order chi connectivity index (χ0) is 5.41. The van der Waals surface area contributed by atoms with Crippen LogP contribution in [-0.4, -0.2) is 46.2 Å². The number of carbonyl (C=O) groups is 2. The molecule has 9 heavy (non-hydrogen) atoms. The quantitative estimate of drug-likeness (QED) is 0.344.